The standard InChI is InChI=1S/C13H27N/c1-5-12-6-7-13(8-12)14-9-11(4)10(2)3/h10-14H,5-9H2,1-4H3. The van der Waals surface area contributed by atoms with Crippen molar-refractivity contribution in [2.75, 3.05) is 6.54 Å². The number of nitrogens with one attached hydrogen (secondary N) is 1. The van der Waals surface area contributed by atoms with Gasteiger partial charge in [-0.05, 0) is 43.6 Å². The van der Waals surface area contributed by atoms with Crippen molar-refractivity contribution in [1.82, 2.24) is 5.32 Å². The van der Waals surface area contributed by atoms with Crippen molar-refractivity contribution in [3.8, 4) is 0 Å². The van der Waals surface area contributed by atoms with Gasteiger partial charge >= 0.3 is 0 Å². The van der Waals surface area contributed by atoms with Crippen LogP contribution in [-0.2, 0) is 0 Å². The van der Waals surface area contributed by atoms with Crippen LogP contribution in [0.2, 0.25) is 0 Å². The number of hydrogen-bond donors (Lipinski definition) is 1. The molecule has 0 radical (unpaired) electrons. The largest absolute Gasteiger partial charge is 0.314 e. The maximum Gasteiger partial charge on any atom is 0.00699 e. The monoisotopic (exact) mass is 197 g/mol. The van der Waals surface area contributed by atoms with Gasteiger partial charge in [0.05, 0.1) is 0 Å². The van der Waals surface area contributed by atoms with Crippen LogP contribution >= 0.6 is 0 Å². The summed E-state index contributed by atoms with van der Waals surface area (Å²) in [5, 5.41) is 3.73. The van der Waals surface area contributed by atoms with Crippen LogP contribution in [0.3, 0.4) is 0 Å². The molecule has 3 unspecified atom stereocenters. The van der Waals surface area contributed by atoms with Gasteiger partial charge in [0, 0.05) is 6.04 Å². The minimum absolute atomic E-state index is 0.811. The van der Waals surface area contributed by atoms with Crippen molar-refractivity contribution in [3.05, 3.63) is 0 Å². The molecular formula is C13H27N. The maximum atomic E-state index is 3.73. The van der Waals surface area contributed by atoms with Crippen LogP contribution in [0.25, 0.3) is 0 Å². The average Bonchev–Trinajstić information content (AvgIpc) is 2.61. The first-order valence-corrected chi connectivity index (χ1v) is 6.36. The van der Waals surface area contributed by atoms with Crippen molar-refractivity contribution in [1.29, 1.82) is 0 Å². The fourth-order valence-corrected chi connectivity index (χ4v) is 2.22. The highest BCUT2D eigenvalue weighted by molar-refractivity contribution is 4.80. The SMILES string of the molecule is CCC1CCC(NCC(C)C(C)C)C1. The Morgan fingerprint density at radius 2 is 1.93 bits per heavy atom. The molecule has 0 aliphatic heterocycles. The lowest BCUT2D eigenvalue weighted by atomic mass is 9.98. The lowest BCUT2D eigenvalue weighted by Crippen LogP contribution is -2.32. The Hall–Kier alpha value is -0.0400. The normalized spacial score (nSPS) is 29.8. The van der Waals surface area contributed by atoms with Gasteiger partial charge in [0.15, 0.2) is 0 Å². The molecule has 1 fully saturated rings. The molecule has 1 nitrogen and oxygen atoms in total. The molecule has 1 heteroatoms. The van der Waals surface area contributed by atoms with Crippen LogP contribution < -0.4 is 5.32 Å². The molecule has 0 spiro atoms. The Kier molecular flexibility index (Phi) is 4.94. The predicted octanol–water partition coefficient (Wildman–Crippen LogP) is 3.45. The molecule has 1 N–H and O–H groups in total. The Bertz CT molecular complexity index is 153. The summed E-state index contributed by atoms with van der Waals surface area (Å²) in [5.74, 6) is 2.63. The molecule has 0 amide bonds. The summed E-state index contributed by atoms with van der Waals surface area (Å²) in [5.41, 5.74) is 0. The third kappa shape index (κ3) is 3.61. The van der Waals surface area contributed by atoms with Crippen molar-refractivity contribution < 1.29 is 0 Å². The first kappa shape index (κ1) is 12.0. The van der Waals surface area contributed by atoms with Crippen LogP contribution in [0.1, 0.15) is 53.4 Å². The summed E-state index contributed by atoms with van der Waals surface area (Å²) in [6.45, 7) is 10.5. The van der Waals surface area contributed by atoms with E-state index in [4.69, 9.17) is 0 Å². The second-order valence-electron chi connectivity index (χ2n) is 5.41. The lowest BCUT2D eigenvalue weighted by Gasteiger charge is -2.19. The van der Waals surface area contributed by atoms with Gasteiger partial charge in [-0.15, -0.1) is 0 Å². The van der Waals surface area contributed by atoms with E-state index >= 15 is 0 Å². The fraction of sp³-hybridized carbons (Fsp3) is 1.00. The van der Waals surface area contributed by atoms with E-state index < -0.39 is 0 Å². The van der Waals surface area contributed by atoms with Gasteiger partial charge in [0.25, 0.3) is 0 Å². The topological polar surface area (TPSA) is 12.0 Å². The van der Waals surface area contributed by atoms with E-state index in [1.807, 2.05) is 0 Å². The third-order valence-electron chi connectivity index (χ3n) is 3.99. The summed E-state index contributed by atoms with van der Waals surface area (Å²) >= 11 is 0. The van der Waals surface area contributed by atoms with Crippen LogP contribution in [0.4, 0.5) is 0 Å². The van der Waals surface area contributed by atoms with Crippen LogP contribution in [0.15, 0.2) is 0 Å². The van der Waals surface area contributed by atoms with Gasteiger partial charge in [0.2, 0.25) is 0 Å². The Labute approximate surface area is 89.7 Å². The molecule has 1 saturated carbocycles. The van der Waals surface area contributed by atoms with E-state index in [2.05, 4.69) is 33.0 Å². The van der Waals surface area contributed by atoms with E-state index in [0.717, 1.165) is 23.8 Å². The van der Waals surface area contributed by atoms with Gasteiger partial charge in [-0.25, -0.2) is 0 Å². The van der Waals surface area contributed by atoms with E-state index in [1.54, 1.807) is 0 Å². The number of hydrogen-bond acceptors (Lipinski definition) is 1. The van der Waals surface area contributed by atoms with Crippen molar-refractivity contribution >= 4 is 0 Å². The zero-order chi connectivity index (χ0) is 10.6. The molecule has 0 aromatic rings. The zero-order valence-corrected chi connectivity index (χ0v) is 10.3. The summed E-state index contributed by atoms with van der Waals surface area (Å²) in [4.78, 5) is 0. The second-order valence-corrected chi connectivity index (χ2v) is 5.41. The second kappa shape index (κ2) is 5.75. The maximum absolute atomic E-state index is 3.73. The summed E-state index contributed by atoms with van der Waals surface area (Å²) < 4.78 is 0. The first-order valence-electron chi connectivity index (χ1n) is 6.36. The van der Waals surface area contributed by atoms with Crippen LogP contribution in [-0.4, -0.2) is 12.6 Å². The molecule has 0 bridgehead atoms. The van der Waals surface area contributed by atoms with Gasteiger partial charge in [-0.1, -0.05) is 34.1 Å². The highest BCUT2D eigenvalue weighted by atomic mass is 14.9. The molecule has 3 atom stereocenters. The molecule has 1 aliphatic carbocycles. The minimum Gasteiger partial charge on any atom is -0.314 e. The smallest absolute Gasteiger partial charge is 0.00699 e. The molecule has 84 valence electrons. The highest BCUT2D eigenvalue weighted by Crippen LogP contribution is 2.28. The Morgan fingerprint density at radius 1 is 1.21 bits per heavy atom. The average molecular weight is 197 g/mol. The van der Waals surface area contributed by atoms with Crippen LogP contribution in [0.5, 0.6) is 0 Å². The molecule has 0 saturated heterocycles. The van der Waals surface area contributed by atoms with Crippen LogP contribution in [0, 0.1) is 17.8 Å². The number of rotatable bonds is 5. The first-order chi connectivity index (χ1) is 6.63. The van der Waals surface area contributed by atoms with Crippen molar-refractivity contribution in [2.45, 2.75) is 59.4 Å². The minimum atomic E-state index is 0.811. The van der Waals surface area contributed by atoms with Crippen molar-refractivity contribution in [2.24, 2.45) is 17.8 Å². The Balaban J connectivity index is 2.14. The Morgan fingerprint density at radius 3 is 2.43 bits per heavy atom. The molecule has 0 aromatic heterocycles. The fourth-order valence-electron chi connectivity index (χ4n) is 2.22. The van der Waals surface area contributed by atoms with E-state index in [-0.39, 0.29) is 0 Å². The molecular weight excluding hydrogens is 170 g/mol. The molecule has 0 aromatic carbocycles. The van der Waals surface area contributed by atoms with Gasteiger partial charge in [-0.2, -0.15) is 0 Å². The van der Waals surface area contributed by atoms with Gasteiger partial charge in [0.1, 0.15) is 0 Å². The van der Waals surface area contributed by atoms with Gasteiger partial charge in [-0.3, -0.25) is 0 Å². The lowest BCUT2D eigenvalue weighted by molar-refractivity contribution is 0.363. The predicted molar refractivity (Wildman–Crippen MR) is 63.4 cm³/mol. The van der Waals surface area contributed by atoms with E-state index in [9.17, 15) is 0 Å². The van der Waals surface area contributed by atoms with E-state index in [0.29, 0.717) is 0 Å². The third-order valence-corrected chi connectivity index (χ3v) is 3.99. The highest BCUT2D eigenvalue weighted by Gasteiger charge is 2.23. The quantitative estimate of drug-likeness (QED) is 0.712. The molecule has 14 heavy (non-hydrogen) atoms. The summed E-state index contributed by atoms with van der Waals surface area (Å²) in [6.07, 6.45) is 5.65. The molecule has 1 aliphatic rings. The van der Waals surface area contributed by atoms with Gasteiger partial charge < -0.3 is 5.32 Å². The summed E-state index contributed by atoms with van der Waals surface area (Å²) in [7, 11) is 0. The molecule has 0 heterocycles. The summed E-state index contributed by atoms with van der Waals surface area (Å²) in [6, 6.07) is 0.821. The molecule has 1 rings (SSSR count). The van der Waals surface area contributed by atoms with E-state index in [1.165, 1.54) is 32.2 Å². The zero-order valence-electron chi connectivity index (χ0n) is 10.3. The van der Waals surface area contributed by atoms with Crippen molar-refractivity contribution in [3.63, 3.8) is 0 Å².